The Balaban J connectivity index is 2.37. The molecule has 0 saturated carbocycles. The van der Waals surface area contributed by atoms with E-state index in [0.717, 1.165) is 37.4 Å². The highest BCUT2D eigenvalue weighted by Gasteiger charge is 2.25. The van der Waals surface area contributed by atoms with E-state index >= 15 is 0 Å². The fraction of sp³-hybridized carbons (Fsp3) is 0.714. The summed E-state index contributed by atoms with van der Waals surface area (Å²) in [5.74, 6) is 1.34. The van der Waals surface area contributed by atoms with Gasteiger partial charge in [-0.15, -0.1) is 0 Å². The maximum Gasteiger partial charge on any atom is 0.138 e. The summed E-state index contributed by atoms with van der Waals surface area (Å²) in [6, 6.07) is 0.441. The molecule has 0 aromatic carbocycles. The van der Waals surface area contributed by atoms with Crippen LogP contribution in [0.5, 0.6) is 0 Å². The summed E-state index contributed by atoms with van der Waals surface area (Å²) in [4.78, 5) is 13.4. The highest BCUT2D eigenvalue weighted by molar-refractivity contribution is 6.30. The minimum Gasteiger partial charge on any atom is -0.352 e. The molecule has 0 amide bonds. The molecule has 0 N–H and O–H groups in total. The monoisotopic (exact) mass is 282 g/mol. The van der Waals surface area contributed by atoms with Gasteiger partial charge in [0.25, 0.3) is 0 Å². The quantitative estimate of drug-likeness (QED) is 0.781. The molecule has 0 spiro atoms. The fourth-order valence-electron chi connectivity index (χ4n) is 2.78. The number of hydrogen-bond donors (Lipinski definition) is 0. The molecule has 5 heteroatoms. The van der Waals surface area contributed by atoms with Gasteiger partial charge in [0.15, 0.2) is 0 Å². The topological polar surface area (TPSA) is 32.3 Å². The van der Waals surface area contributed by atoms with Crippen molar-refractivity contribution in [3.8, 4) is 0 Å². The summed E-state index contributed by atoms with van der Waals surface area (Å²) in [5.41, 5.74) is 1.07. The first-order valence-electron chi connectivity index (χ1n) is 6.96. The van der Waals surface area contributed by atoms with Crippen LogP contribution in [0.15, 0.2) is 6.33 Å². The lowest BCUT2D eigenvalue weighted by molar-refractivity contribution is 0.337. The molecule has 2 heterocycles. The van der Waals surface area contributed by atoms with Crippen molar-refractivity contribution in [3.63, 3.8) is 0 Å². The summed E-state index contributed by atoms with van der Waals surface area (Å²) < 4.78 is 0. The van der Waals surface area contributed by atoms with Crippen molar-refractivity contribution in [2.75, 3.05) is 31.6 Å². The normalized spacial score (nSPS) is 21.8. The number of halogens is 1. The Hall–Kier alpha value is -0.870. The van der Waals surface area contributed by atoms with Gasteiger partial charge in [-0.05, 0) is 32.9 Å². The van der Waals surface area contributed by atoms with E-state index in [4.69, 9.17) is 11.6 Å². The van der Waals surface area contributed by atoms with Gasteiger partial charge in [-0.25, -0.2) is 9.97 Å². The second-order valence-electron chi connectivity index (χ2n) is 5.71. The van der Waals surface area contributed by atoms with Crippen LogP contribution in [-0.4, -0.2) is 47.6 Å². The molecule has 4 nitrogen and oxygen atoms in total. The molecule has 1 aromatic rings. The molecule has 0 aliphatic carbocycles. The lowest BCUT2D eigenvalue weighted by Crippen LogP contribution is -2.39. The molecular weight excluding hydrogens is 260 g/mol. The number of anilines is 1. The minimum absolute atomic E-state index is 0.330. The second kappa shape index (κ2) is 6.06. The number of rotatable bonds is 2. The third-order valence-corrected chi connectivity index (χ3v) is 4.01. The first kappa shape index (κ1) is 14.5. The Morgan fingerprint density at radius 3 is 2.74 bits per heavy atom. The Kier molecular flexibility index (Phi) is 4.63. The molecule has 0 bridgehead atoms. The predicted octanol–water partition coefficient (Wildman–Crippen LogP) is 2.78. The lowest BCUT2D eigenvalue weighted by atomic mass is 10.0. The van der Waals surface area contributed by atoms with Gasteiger partial charge in [0, 0.05) is 24.7 Å². The van der Waals surface area contributed by atoms with Crippen molar-refractivity contribution in [2.45, 2.75) is 39.2 Å². The number of likely N-dealkylation sites (N-methyl/N-ethyl adjacent to an activating group) is 1. The molecule has 1 fully saturated rings. The van der Waals surface area contributed by atoms with Crippen LogP contribution in [0.1, 0.15) is 38.7 Å². The first-order chi connectivity index (χ1) is 9.00. The van der Waals surface area contributed by atoms with Gasteiger partial charge in [-0.2, -0.15) is 0 Å². The average Bonchev–Trinajstić information content (AvgIpc) is 2.49. The van der Waals surface area contributed by atoms with E-state index < -0.39 is 0 Å². The van der Waals surface area contributed by atoms with Crippen LogP contribution in [0.25, 0.3) is 0 Å². The highest BCUT2D eigenvalue weighted by Crippen LogP contribution is 2.32. The fourth-order valence-corrected chi connectivity index (χ4v) is 3.12. The van der Waals surface area contributed by atoms with E-state index in [-0.39, 0.29) is 0 Å². The molecule has 1 saturated heterocycles. The molecule has 1 aromatic heterocycles. The summed E-state index contributed by atoms with van der Waals surface area (Å²) in [7, 11) is 2.18. The smallest absolute Gasteiger partial charge is 0.138 e. The van der Waals surface area contributed by atoms with E-state index in [0.29, 0.717) is 17.1 Å². The van der Waals surface area contributed by atoms with Crippen LogP contribution < -0.4 is 4.90 Å². The first-order valence-corrected chi connectivity index (χ1v) is 7.34. The summed E-state index contributed by atoms with van der Waals surface area (Å²) in [6.45, 7) is 9.75. The van der Waals surface area contributed by atoms with Crippen LogP contribution >= 0.6 is 11.6 Å². The third-order valence-electron chi connectivity index (χ3n) is 3.71. The lowest BCUT2D eigenvalue weighted by Gasteiger charge is -2.31. The van der Waals surface area contributed by atoms with Gasteiger partial charge in [0.2, 0.25) is 0 Å². The van der Waals surface area contributed by atoms with E-state index in [1.165, 1.54) is 0 Å². The zero-order valence-electron chi connectivity index (χ0n) is 12.2. The maximum atomic E-state index is 6.27. The van der Waals surface area contributed by atoms with E-state index in [1.54, 1.807) is 6.33 Å². The molecule has 1 atom stereocenters. The Bertz CT molecular complexity index is 435. The summed E-state index contributed by atoms with van der Waals surface area (Å²) in [5, 5.41) is 0.588. The van der Waals surface area contributed by atoms with E-state index in [9.17, 15) is 0 Å². The zero-order chi connectivity index (χ0) is 14.0. The molecule has 1 aliphatic heterocycles. The Morgan fingerprint density at radius 1 is 1.32 bits per heavy atom. The number of aromatic nitrogens is 2. The van der Waals surface area contributed by atoms with E-state index in [2.05, 4.69) is 47.6 Å². The van der Waals surface area contributed by atoms with E-state index in [1.807, 2.05) is 0 Å². The molecule has 1 unspecified atom stereocenters. The maximum absolute atomic E-state index is 6.27. The molecule has 1 aliphatic rings. The standard InChI is InChI=1S/C14H23ClN4/c1-10(2)12-13(15)16-9-17-14(12)19-7-5-6-18(4)8-11(19)3/h9-11H,5-8H2,1-4H3. The number of hydrogen-bond acceptors (Lipinski definition) is 4. The Labute approximate surface area is 120 Å². The number of nitrogens with zero attached hydrogens (tertiary/aromatic N) is 4. The van der Waals surface area contributed by atoms with Crippen LogP contribution in [0.4, 0.5) is 5.82 Å². The van der Waals surface area contributed by atoms with Crippen LogP contribution in [0, 0.1) is 0 Å². The van der Waals surface area contributed by atoms with Gasteiger partial charge in [-0.3, -0.25) is 0 Å². The van der Waals surface area contributed by atoms with Crippen molar-refractivity contribution < 1.29 is 0 Å². The predicted molar refractivity (Wildman–Crippen MR) is 80.1 cm³/mol. The third kappa shape index (κ3) is 3.18. The van der Waals surface area contributed by atoms with Crippen molar-refractivity contribution in [1.29, 1.82) is 0 Å². The molecule has 106 valence electrons. The van der Waals surface area contributed by atoms with Crippen LogP contribution in [0.2, 0.25) is 5.15 Å². The van der Waals surface area contributed by atoms with Gasteiger partial charge in [0.05, 0.1) is 0 Å². The SMILES string of the molecule is CC(C)c1c(Cl)ncnc1N1CCCN(C)CC1C. The van der Waals surface area contributed by atoms with Crippen molar-refractivity contribution in [3.05, 3.63) is 17.0 Å². The minimum atomic E-state index is 0.330. The zero-order valence-corrected chi connectivity index (χ0v) is 13.0. The van der Waals surface area contributed by atoms with Crippen LogP contribution in [-0.2, 0) is 0 Å². The summed E-state index contributed by atoms with van der Waals surface area (Å²) in [6.07, 6.45) is 2.73. The molecule has 2 rings (SSSR count). The van der Waals surface area contributed by atoms with Crippen molar-refractivity contribution in [1.82, 2.24) is 14.9 Å². The molecule has 19 heavy (non-hydrogen) atoms. The second-order valence-corrected chi connectivity index (χ2v) is 6.07. The van der Waals surface area contributed by atoms with Gasteiger partial charge < -0.3 is 9.80 Å². The average molecular weight is 283 g/mol. The largest absolute Gasteiger partial charge is 0.352 e. The summed E-state index contributed by atoms with van der Waals surface area (Å²) >= 11 is 6.27. The highest BCUT2D eigenvalue weighted by atomic mass is 35.5. The van der Waals surface area contributed by atoms with Crippen molar-refractivity contribution in [2.24, 2.45) is 0 Å². The molecule has 0 radical (unpaired) electrons. The van der Waals surface area contributed by atoms with Crippen molar-refractivity contribution >= 4 is 17.4 Å². The Morgan fingerprint density at radius 2 is 2.05 bits per heavy atom. The molecular formula is C14H23ClN4. The van der Waals surface area contributed by atoms with Crippen LogP contribution in [0.3, 0.4) is 0 Å². The van der Waals surface area contributed by atoms with Gasteiger partial charge in [-0.1, -0.05) is 25.4 Å². The van der Waals surface area contributed by atoms with Gasteiger partial charge >= 0.3 is 0 Å². The van der Waals surface area contributed by atoms with Gasteiger partial charge in [0.1, 0.15) is 17.3 Å².